The van der Waals surface area contributed by atoms with Gasteiger partial charge in [-0.3, -0.25) is 0 Å². The largest absolute Gasteiger partial charge is 0.465 e. The number of fused-ring (bicyclic) bond motifs is 1. The Kier molecular flexibility index (Phi) is 2.81. The summed E-state index contributed by atoms with van der Waals surface area (Å²) < 4.78 is 15.6. The van der Waals surface area contributed by atoms with Crippen LogP contribution >= 0.6 is 0 Å². The zero-order valence-corrected chi connectivity index (χ0v) is 10.2. The standard InChI is InChI=1S/C12H13FN4O2/c13-10-5-11-14-7-15-17(11)6-9(10)8-1-3-16(4-2-8)12(18)19/h5-8H,1-4H2,(H,18,19). The third-order valence-electron chi connectivity index (χ3n) is 3.60. The van der Waals surface area contributed by atoms with Crippen LogP contribution in [0.15, 0.2) is 18.6 Å². The van der Waals surface area contributed by atoms with E-state index < -0.39 is 6.09 Å². The van der Waals surface area contributed by atoms with Gasteiger partial charge in [-0.2, -0.15) is 5.10 Å². The second-order valence-electron chi connectivity index (χ2n) is 4.68. The van der Waals surface area contributed by atoms with Crippen LogP contribution in [-0.2, 0) is 0 Å². The highest BCUT2D eigenvalue weighted by atomic mass is 19.1. The Hall–Kier alpha value is -2.18. The maximum Gasteiger partial charge on any atom is 0.407 e. The summed E-state index contributed by atoms with van der Waals surface area (Å²) in [5.74, 6) is -0.265. The first kappa shape index (κ1) is 11.9. The van der Waals surface area contributed by atoms with Crippen LogP contribution < -0.4 is 0 Å². The van der Waals surface area contributed by atoms with Crippen LogP contribution in [0.5, 0.6) is 0 Å². The first-order valence-corrected chi connectivity index (χ1v) is 6.12. The number of rotatable bonds is 1. The van der Waals surface area contributed by atoms with Gasteiger partial charge in [0.1, 0.15) is 12.1 Å². The van der Waals surface area contributed by atoms with E-state index in [1.54, 1.807) is 10.7 Å². The summed E-state index contributed by atoms with van der Waals surface area (Å²) in [7, 11) is 0. The first-order chi connectivity index (χ1) is 9.15. The Morgan fingerprint density at radius 1 is 1.42 bits per heavy atom. The van der Waals surface area contributed by atoms with E-state index in [0.717, 1.165) is 0 Å². The fourth-order valence-corrected chi connectivity index (χ4v) is 2.53. The summed E-state index contributed by atoms with van der Waals surface area (Å²) in [6.07, 6.45) is 3.38. The molecule has 1 amide bonds. The zero-order valence-electron chi connectivity index (χ0n) is 10.2. The minimum atomic E-state index is -0.911. The van der Waals surface area contributed by atoms with Crippen LogP contribution in [0.1, 0.15) is 24.3 Å². The lowest BCUT2D eigenvalue weighted by Crippen LogP contribution is -2.37. The van der Waals surface area contributed by atoms with Crippen LogP contribution in [0.25, 0.3) is 5.65 Å². The molecule has 19 heavy (non-hydrogen) atoms. The lowest BCUT2D eigenvalue weighted by Gasteiger charge is -2.30. The highest BCUT2D eigenvalue weighted by molar-refractivity contribution is 5.65. The molecule has 0 atom stereocenters. The van der Waals surface area contributed by atoms with Gasteiger partial charge in [0.15, 0.2) is 5.65 Å². The molecule has 1 saturated heterocycles. The van der Waals surface area contributed by atoms with Crippen molar-refractivity contribution in [2.45, 2.75) is 18.8 Å². The van der Waals surface area contributed by atoms with Gasteiger partial charge in [-0.25, -0.2) is 18.7 Å². The highest BCUT2D eigenvalue weighted by Gasteiger charge is 2.25. The van der Waals surface area contributed by atoms with Crippen LogP contribution in [0, 0.1) is 5.82 Å². The summed E-state index contributed by atoms with van der Waals surface area (Å²) >= 11 is 0. The molecule has 0 radical (unpaired) electrons. The van der Waals surface area contributed by atoms with Crippen molar-refractivity contribution in [3.8, 4) is 0 Å². The molecule has 0 saturated carbocycles. The number of piperidine rings is 1. The van der Waals surface area contributed by atoms with Crippen molar-refractivity contribution in [1.82, 2.24) is 19.5 Å². The van der Waals surface area contributed by atoms with Crippen LogP contribution in [0.2, 0.25) is 0 Å². The number of amides is 1. The maximum atomic E-state index is 14.0. The molecular weight excluding hydrogens is 251 g/mol. The number of aromatic nitrogens is 3. The quantitative estimate of drug-likeness (QED) is 0.851. The van der Waals surface area contributed by atoms with Crippen molar-refractivity contribution in [2.24, 2.45) is 0 Å². The first-order valence-electron chi connectivity index (χ1n) is 6.12. The molecule has 0 bridgehead atoms. The van der Waals surface area contributed by atoms with Crippen molar-refractivity contribution in [1.29, 1.82) is 0 Å². The topological polar surface area (TPSA) is 70.7 Å². The summed E-state index contributed by atoms with van der Waals surface area (Å²) in [4.78, 5) is 16.1. The van der Waals surface area contributed by atoms with Crippen molar-refractivity contribution in [3.63, 3.8) is 0 Å². The molecule has 0 aromatic carbocycles. The fourth-order valence-electron chi connectivity index (χ4n) is 2.53. The molecule has 6 nitrogen and oxygen atoms in total. The van der Waals surface area contributed by atoms with Crippen LogP contribution in [-0.4, -0.2) is 43.8 Å². The van der Waals surface area contributed by atoms with Crippen LogP contribution in [0.4, 0.5) is 9.18 Å². The summed E-state index contributed by atoms with van der Waals surface area (Å²) in [6.45, 7) is 0.879. The molecule has 100 valence electrons. The van der Waals surface area contributed by atoms with E-state index in [0.29, 0.717) is 37.1 Å². The van der Waals surface area contributed by atoms with E-state index >= 15 is 0 Å². The Morgan fingerprint density at radius 3 is 2.84 bits per heavy atom. The molecule has 1 fully saturated rings. The summed E-state index contributed by atoms with van der Waals surface area (Å²) in [6, 6.07) is 1.37. The summed E-state index contributed by atoms with van der Waals surface area (Å²) in [5, 5.41) is 12.9. The van der Waals surface area contributed by atoms with Gasteiger partial charge in [0, 0.05) is 30.9 Å². The fraction of sp³-hybridized carbons (Fsp3) is 0.417. The second-order valence-corrected chi connectivity index (χ2v) is 4.68. The van der Waals surface area contributed by atoms with Crippen molar-refractivity contribution in [3.05, 3.63) is 30.0 Å². The minimum absolute atomic E-state index is 0.0317. The van der Waals surface area contributed by atoms with Gasteiger partial charge in [0.25, 0.3) is 0 Å². The lowest BCUT2D eigenvalue weighted by atomic mass is 9.90. The normalized spacial score (nSPS) is 17.0. The van der Waals surface area contributed by atoms with Gasteiger partial charge >= 0.3 is 6.09 Å². The number of pyridine rings is 1. The van der Waals surface area contributed by atoms with Gasteiger partial charge in [0.05, 0.1) is 0 Å². The van der Waals surface area contributed by atoms with Crippen molar-refractivity contribution >= 4 is 11.7 Å². The number of nitrogens with zero attached hydrogens (tertiary/aromatic N) is 4. The molecular formula is C12H13FN4O2. The number of halogens is 1. The molecule has 2 aromatic rings. The maximum absolute atomic E-state index is 14.0. The van der Waals surface area contributed by atoms with E-state index in [9.17, 15) is 9.18 Å². The molecule has 3 heterocycles. The van der Waals surface area contributed by atoms with Crippen molar-refractivity contribution in [2.75, 3.05) is 13.1 Å². The molecule has 1 aliphatic rings. The SMILES string of the molecule is O=C(O)N1CCC(c2cn3ncnc3cc2F)CC1. The average molecular weight is 264 g/mol. The molecule has 0 aliphatic carbocycles. The Morgan fingerprint density at radius 2 is 2.16 bits per heavy atom. The Balaban J connectivity index is 1.85. The van der Waals surface area contributed by atoms with Gasteiger partial charge in [-0.15, -0.1) is 0 Å². The number of likely N-dealkylation sites (tertiary alicyclic amines) is 1. The van der Waals surface area contributed by atoms with Gasteiger partial charge in [-0.05, 0) is 18.8 Å². The smallest absolute Gasteiger partial charge is 0.407 e. The van der Waals surface area contributed by atoms with E-state index in [4.69, 9.17) is 5.11 Å². The highest BCUT2D eigenvalue weighted by Crippen LogP contribution is 2.30. The monoisotopic (exact) mass is 264 g/mol. The molecule has 1 aliphatic heterocycles. The minimum Gasteiger partial charge on any atom is -0.465 e. The predicted molar refractivity (Wildman–Crippen MR) is 64.5 cm³/mol. The number of hydrogen-bond acceptors (Lipinski definition) is 3. The second kappa shape index (κ2) is 4.49. The molecule has 0 unspecified atom stereocenters. The number of carbonyl (C=O) groups is 1. The molecule has 2 aromatic heterocycles. The van der Waals surface area contributed by atoms with Gasteiger partial charge < -0.3 is 10.0 Å². The summed E-state index contributed by atoms with van der Waals surface area (Å²) in [5.41, 5.74) is 1.06. The van der Waals surface area contributed by atoms with Crippen LogP contribution in [0.3, 0.4) is 0 Å². The molecule has 1 N–H and O–H groups in total. The van der Waals surface area contributed by atoms with E-state index in [1.165, 1.54) is 17.3 Å². The number of hydrogen-bond donors (Lipinski definition) is 1. The molecule has 7 heteroatoms. The number of carboxylic acid groups (broad SMARTS) is 1. The Labute approximate surface area is 108 Å². The average Bonchev–Trinajstić information content (AvgIpc) is 2.85. The van der Waals surface area contributed by atoms with Crippen molar-refractivity contribution < 1.29 is 14.3 Å². The van der Waals surface area contributed by atoms with Gasteiger partial charge in [0.2, 0.25) is 0 Å². The third kappa shape index (κ3) is 2.11. The molecule has 3 rings (SSSR count). The zero-order chi connectivity index (χ0) is 13.4. The van der Waals surface area contributed by atoms with E-state index in [-0.39, 0.29) is 11.7 Å². The molecule has 0 spiro atoms. The lowest BCUT2D eigenvalue weighted by molar-refractivity contribution is 0.132. The predicted octanol–water partition coefficient (Wildman–Crippen LogP) is 1.73. The Bertz CT molecular complexity index is 619. The van der Waals surface area contributed by atoms with E-state index in [1.807, 2.05) is 0 Å². The van der Waals surface area contributed by atoms with Gasteiger partial charge in [-0.1, -0.05) is 0 Å². The third-order valence-corrected chi connectivity index (χ3v) is 3.60. The van der Waals surface area contributed by atoms with E-state index in [2.05, 4.69) is 10.1 Å².